The summed E-state index contributed by atoms with van der Waals surface area (Å²) in [5.74, 6) is -0.136. The number of hydrogen-bond donors (Lipinski definition) is 2. The van der Waals surface area contributed by atoms with Gasteiger partial charge in [0.25, 0.3) is 10.0 Å². The maximum atomic E-state index is 13.2. The van der Waals surface area contributed by atoms with Gasteiger partial charge in [0, 0.05) is 23.2 Å². The molecule has 1 fully saturated rings. The highest BCUT2D eigenvalue weighted by molar-refractivity contribution is 7.92. The molecule has 34 heavy (non-hydrogen) atoms. The zero-order valence-electron chi connectivity index (χ0n) is 19.0. The van der Waals surface area contributed by atoms with Gasteiger partial charge < -0.3 is 10.1 Å². The molecule has 6 bridgehead atoms. The number of nitrogens with zero attached hydrogens (tertiary/aromatic N) is 2. The molecule has 2 N–H and O–H groups in total. The van der Waals surface area contributed by atoms with E-state index in [4.69, 9.17) is 4.74 Å². The lowest BCUT2D eigenvalue weighted by Gasteiger charge is -2.29. The van der Waals surface area contributed by atoms with Crippen molar-refractivity contribution in [1.82, 2.24) is 9.97 Å². The number of nitrogens with one attached hydrogen (secondary N) is 2. The Hall–Kier alpha value is -3.46. The molecule has 0 saturated heterocycles. The van der Waals surface area contributed by atoms with Gasteiger partial charge in [0.15, 0.2) is 0 Å². The first-order chi connectivity index (χ1) is 16.3. The van der Waals surface area contributed by atoms with E-state index in [1.165, 1.54) is 12.1 Å². The minimum atomic E-state index is -4.00. The Morgan fingerprint density at radius 3 is 2.56 bits per heavy atom. The molecule has 9 heteroatoms. The Morgan fingerprint density at radius 2 is 1.76 bits per heavy atom. The van der Waals surface area contributed by atoms with E-state index in [1.54, 1.807) is 18.2 Å². The molecule has 1 saturated carbocycles. The van der Waals surface area contributed by atoms with Gasteiger partial charge in [-0.15, -0.1) is 0 Å². The van der Waals surface area contributed by atoms with Crippen LogP contribution in [0.15, 0.2) is 53.4 Å². The smallest absolute Gasteiger partial charge is 0.264 e. The van der Waals surface area contributed by atoms with Gasteiger partial charge in [-0.1, -0.05) is 24.3 Å². The molecule has 176 valence electrons. The van der Waals surface area contributed by atoms with Gasteiger partial charge in [-0.05, 0) is 68.9 Å². The van der Waals surface area contributed by atoms with Gasteiger partial charge in [-0.3, -0.25) is 4.79 Å². The van der Waals surface area contributed by atoms with Gasteiger partial charge in [0.1, 0.15) is 6.10 Å². The average molecular weight is 479 g/mol. The number of rotatable bonds is 1. The van der Waals surface area contributed by atoms with Crippen LogP contribution >= 0.6 is 0 Å². The standard InChI is InChI=1S/C25H26N4O4S/c1-15-6-3-7-16(2)23(15)21-14-22-28-25(27-21)29-34(31,32)20-11-5-9-18(13-20)26-24(30)17-8-4-10-19(12-17)33-22/h3,5-7,9,11,13-14,17,19H,4,8,10,12H2,1-2H3,(H,26,30)(H,27,28,29)/t17-,19+/m0/s1. The van der Waals surface area contributed by atoms with E-state index in [-0.39, 0.29) is 34.7 Å². The van der Waals surface area contributed by atoms with E-state index in [2.05, 4.69) is 20.0 Å². The quantitative estimate of drug-likeness (QED) is 0.535. The van der Waals surface area contributed by atoms with Gasteiger partial charge >= 0.3 is 0 Å². The summed E-state index contributed by atoms with van der Waals surface area (Å²) in [5, 5.41) is 2.86. The van der Waals surface area contributed by atoms with Crippen LogP contribution in [0.2, 0.25) is 0 Å². The summed E-state index contributed by atoms with van der Waals surface area (Å²) < 4.78 is 35.0. The first-order valence-corrected chi connectivity index (χ1v) is 12.8. The molecule has 0 unspecified atom stereocenters. The molecule has 1 aliphatic carbocycles. The second kappa shape index (κ2) is 8.72. The van der Waals surface area contributed by atoms with E-state index in [0.29, 0.717) is 17.8 Å². The molecule has 2 aliphatic rings. The monoisotopic (exact) mass is 478 g/mol. The highest BCUT2D eigenvalue weighted by atomic mass is 32.2. The van der Waals surface area contributed by atoms with Gasteiger partial charge in [-0.2, -0.15) is 4.98 Å². The van der Waals surface area contributed by atoms with E-state index in [9.17, 15) is 13.2 Å². The highest BCUT2D eigenvalue weighted by Crippen LogP contribution is 2.33. The van der Waals surface area contributed by atoms with E-state index >= 15 is 0 Å². The molecule has 1 amide bonds. The third kappa shape index (κ3) is 4.48. The molecule has 8 nitrogen and oxygen atoms in total. The van der Waals surface area contributed by atoms with Crippen LogP contribution in [-0.2, 0) is 14.8 Å². The minimum Gasteiger partial charge on any atom is -0.474 e. The maximum absolute atomic E-state index is 13.2. The van der Waals surface area contributed by atoms with Crippen molar-refractivity contribution in [2.24, 2.45) is 5.92 Å². The van der Waals surface area contributed by atoms with Gasteiger partial charge in [0.2, 0.25) is 17.7 Å². The first kappa shape index (κ1) is 22.3. The van der Waals surface area contributed by atoms with Gasteiger partial charge in [-0.25, -0.2) is 18.1 Å². The summed E-state index contributed by atoms with van der Waals surface area (Å²) in [5.41, 5.74) is 3.92. The zero-order chi connectivity index (χ0) is 23.9. The average Bonchev–Trinajstić information content (AvgIpc) is 2.78. The maximum Gasteiger partial charge on any atom is 0.264 e. The lowest BCUT2D eigenvalue weighted by Crippen LogP contribution is -2.33. The fraction of sp³-hybridized carbons (Fsp3) is 0.320. The Morgan fingerprint density at radius 1 is 1.00 bits per heavy atom. The molecule has 2 heterocycles. The van der Waals surface area contributed by atoms with Crippen LogP contribution in [0.4, 0.5) is 11.6 Å². The number of fused-ring (bicyclic) bond motifs is 6. The molecule has 3 aromatic rings. The highest BCUT2D eigenvalue weighted by Gasteiger charge is 2.30. The number of benzene rings is 2. The summed E-state index contributed by atoms with van der Waals surface area (Å²) in [7, 11) is -4.00. The molecular weight excluding hydrogens is 452 g/mol. The number of hydrogen-bond acceptors (Lipinski definition) is 6. The Labute approximate surface area is 198 Å². The molecular formula is C25H26N4O4S. The number of aryl methyl sites for hydroxylation is 2. The summed E-state index contributed by atoms with van der Waals surface area (Å²) in [6.45, 7) is 3.97. The predicted molar refractivity (Wildman–Crippen MR) is 129 cm³/mol. The second-order valence-electron chi connectivity index (χ2n) is 8.91. The van der Waals surface area contributed by atoms with Crippen molar-refractivity contribution >= 4 is 27.6 Å². The predicted octanol–water partition coefficient (Wildman–Crippen LogP) is 4.45. The fourth-order valence-electron chi connectivity index (χ4n) is 4.70. The van der Waals surface area contributed by atoms with Crippen molar-refractivity contribution in [3.8, 4) is 17.1 Å². The summed E-state index contributed by atoms with van der Waals surface area (Å²) in [4.78, 5) is 21.8. The van der Waals surface area contributed by atoms with Crippen LogP contribution in [0.5, 0.6) is 5.88 Å². The minimum absolute atomic E-state index is 0.00687. The number of carbonyl (C=O) groups is 1. The van der Waals surface area contributed by atoms with Crippen LogP contribution in [0.1, 0.15) is 36.8 Å². The number of aromatic nitrogens is 2. The van der Waals surface area contributed by atoms with Crippen molar-refractivity contribution in [2.75, 3.05) is 10.0 Å². The number of ether oxygens (including phenoxy) is 1. The second-order valence-corrected chi connectivity index (χ2v) is 10.6. The van der Waals surface area contributed by atoms with Gasteiger partial charge in [0.05, 0.1) is 10.6 Å². The summed E-state index contributed by atoms with van der Waals surface area (Å²) >= 11 is 0. The lowest BCUT2D eigenvalue weighted by atomic mass is 9.86. The largest absolute Gasteiger partial charge is 0.474 e. The molecule has 0 spiro atoms. The van der Waals surface area contributed by atoms with E-state index in [1.807, 2.05) is 32.0 Å². The Bertz CT molecular complexity index is 1350. The van der Waals surface area contributed by atoms with Crippen LogP contribution in [0.25, 0.3) is 11.3 Å². The molecule has 0 radical (unpaired) electrons. The Kier molecular flexibility index (Phi) is 5.73. The lowest BCUT2D eigenvalue weighted by molar-refractivity contribution is -0.121. The summed E-state index contributed by atoms with van der Waals surface area (Å²) in [6.07, 6.45) is 2.77. The topological polar surface area (TPSA) is 110 Å². The van der Waals surface area contributed by atoms with Crippen molar-refractivity contribution < 1.29 is 17.9 Å². The normalized spacial score (nSPS) is 21.4. The van der Waals surface area contributed by atoms with Crippen molar-refractivity contribution in [3.63, 3.8) is 0 Å². The Balaban J connectivity index is 1.65. The van der Waals surface area contributed by atoms with Crippen molar-refractivity contribution in [2.45, 2.75) is 50.5 Å². The number of anilines is 2. The van der Waals surface area contributed by atoms with Crippen molar-refractivity contribution in [1.29, 1.82) is 0 Å². The third-order valence-corrected chi connectivity index (χ3v) is 7.69. The van der Waals surface area contributed by atoms with Crippen LogP contribution in [-0.4, -0.2) is 30.4 Å². The molecule has 2 atom stereocenters. The SMILES string of the molecule is Cc1cccc(C)c1-c1cc2nc(n1)NS(=O)(=O)c1cccc(c1)NC(=O)[C@H]1CCC[C@H](C1)O2. The molecule has 1 aromatic heterocycles. The zero-order valence-corrected chi connectivity index (χ0v) is 19.9. The number of amides is 1. The summed E-state index contributed by atoms with van der Waals surface area (Å²) in [6, 6.07) is 13.9. The number of sulfonamides is 1. The third-order valence-electron chi connectivity index (χ3n) is 6.36. The van der Waals surface area contributed by atoms with Crippen LogP contribution in [0.3, 0.4) is 0 Å². The van der Waals surface area contributed by atoms with Crippen LogP contribution < -0.4 is 14.8 Å². The molecule has 2 aromatic carbocycles. The molecule has 5 rings (SSSR count). The number of carbonyl (C=O) groups excluding carboxylic acids is 1. The van der Waals surface area contributed by atoms with Crippen molar-refractivity contribution in [3.05, 3.63) is 59.7 Å². The van der Waals surface area contributed by atoms with E-state index in [0.717, 1.165) is 36.0 Å². The van der Waals surface area contributed by atoms with Crippen LogP contribution in [0, 0.1) is 19.8 Å². The van der Waals surface area contributed by atoms with E-state index < -0.39 is 10.0 Å². The molecule has 1 aliphatic heterocycles. The first-order valence-electron chi connectivity index (χ1n) is 11.3. The fourth-order valence-corrected chi connectivity index (χ4v) is 5.69.